The molecule has 0 saturated carbocycles. The SMILES string of the molecule is Cc1nc(N2CCN(S(=O)(=O)c3ccc(C(F)(F)F)cc3)[C@@H](C(=O)NCc3ccc(C(C)C)cc3)C2)ncc1C(=O)O. The molecule has 1 aliphatic rings. The maximum Gasteiger partial charge on any atom is 0.416 e. The van der Waals surface area contributed by atoms with Crippen molar-refractivity contribution in [3.63, 3.8) is 0 Å². The molecule has 2 aromatic carbocycles. The molecule has 4 rings (SSSR count). The van der Waals surface area contributed by atoms with Gasteiger partial charge in [0.1, 0.15) is 6.04 Å². The molecule has 0 unspecified atom stereocenters. The Kier molecular flexibility index (Phi) is 8.87. The van der Waals surface area contributed by atoms with Crippen LogP contribution in [-0.4, -0.2) is 65.4 Å². The van der Waals surface area contributed by atoms with Gasteiger partial charge in [-0.05, 0) is 48.2 Å². The number of carboxylic acid groups (broad SMARTS) is 1. The number of benzene rings is 2. The summed E-state index contributed by atoms with van der Waals surface area (Å²) < 4.78 is 67.4. The summed E-state index contributed by atoms with van der Waals surface area (Å²) in [6, 6.07) is 9.41. The van der Waals surface area contributed by atoms with Crippen molar-refractivity contribution in [2.75, 3.05) is 24.5 Å². The third-order valence-corrected chi connectivity index (χ3v) is 8.94. The van der Waals surface area contributed by atoms with Crippen LogP contribution < -0.4 is 10.2 Å². The lowest BCUT2D eigenvalue weighted by atomic mass is 10.0. The van der Waals surface area contributed by atoms with Crippen LogP contribution in [0.1, 0.15) is 52.5 Å². The highest BCUT2D eigenvalue weighted by molar-refractivity contribution is 7.89. The van der Waals surface area contributed by atoms with E-state index in [-0.39, 0.29) is 48.3 Å². The first-order valence-electron chi connectivity index (χ1n) is 13.1. The molecular formula is C28H30F3N5O5S. The Labute approximate surface area is 241 Å². The number of halogens is 3. The van der Waals surface area contributed by atoms with Crippen LogP contribution >= 0.6 is 0 Å². The van der Waals surface area contributed by atoms with Gasteiger partial charge in [-0.3, -0.25) is 4.79 Å². The highest BCUT2D eigenvalue weighted by Gasteiger charge is 2.41. The highest BCUT2D eigenvalue weighted by Crippen LogP contribution is 2.31. The van der Waals surface area contributed by atoms with Crippen molar-refractivity contribution >= 4 is 27.8 Å². The molecule has 0 spiro atoms. The fraction of sp³-hybridized carbons (Fsp3) is 0.357. The van der Waals surface area contributed by atoms with E-state index in [1.54, 1.807) is 4.90 Å². The van der Waals surface area contributed by atoms with Crippen LogP contribution in [0.4, 0.5) is 19.1 Å². The van der Waals surface area contributed by atoms with Crippen LogP contribution in [0.2, 0.25) is 0 Å². The van der Waals surface area contributed by atoms with E-state index in [2.05, 4.69) is 29.1 Å². The molecule has 10 nitrogen and oxygen atoms in total. The van der Waals surface area contributed by atoms with Crippen LogP contribution in [-0.2, 0) is 27.5 Å². The van der Waals surface area contributed by atoms with Crippen molar-refractivity contribution in [2.45, 2.75) is 50.3 Å². The number of amides is 1. The van der Waals surface area contributed by atoms with E-state index in [1.807, 2.05) is 24.3 Å². The fourth-order valence-corrected chi connectivity index (χ4v) is 6.12. The number of sulfonamides is 1. The summed E-state index contributed by atoms with van der Waals surface area (Å²) in [7, 11) is -4.39. The molecule has 0 bridgehead atoms. The number of carbonyl (C=O) groups is 2. The van der Waals surface area contributed by atoms with Crippen LogP contribution in [0.25, 0.3) is 0 Å². The number of piperazine rings is 1. The lowest BCUT2D eigenvalue weighted by Crippen LogP contribution is -2.60. The summed E-state index contributed by atoms with van der Waals surface area (Å²) in [4.78, 5) is 34.4. The van der Waals surface area contributed by atoms with Gasteiger partial charge in [-0.15, -0.1) is 0 Å². The molecule has 14 heteroatoms. The van der Waals surface area contributed by atoms with E-state index in [0.717, 1.165) is 33.8 Å². The average molecular weight is 606 g/mol. The molecule has 1 amide bonds. The first kappa shape index (κ1) is 30.9. The van der Waals surface area contributed by atoms with Crippen molar-refractivity contribution in [3.05, 3.63) is 82.7 Å². The lowest BCUT2D eigenvalue weighted by molar-refractivity contribution is -0.137. The largest absolute Gasteiger partial charge is 0.478 e. The van der Waals surface area contributed by atoms with Crippen molar-refractivity contribution in [1.82, 2.24) is 19.6 Å². The molecule has 1 saturated heterocycles. The Bertz CT molecular complexity index is 1560. The van der Waals surface area contributed by atoms with Gasteiger partial charge in [-0.1, -0.05) is 38.1 Å². The summed E-state index contributed by atoms with van der Waals surface area (Å²) in [6.07, 6.45) is -3.50. The number of aryl methyl sites for hydroxylation is 1. The number of aromatic nitrogens is 2. The van der Waals surface area contributed by atoms with E-state index in [4.69, 9.17) is 0 Å². The van der Waals surface area contributed by atoms with Gasteiger partial charge >= 0.3 is 12.1 Å². The molecule has 0 radical (unpaired) electrons. The summed E-state index contributed by atoms with van der Waals surface area (Å²) in [5.41, 5.74) is 1.01. The minimum atomic E-state index is -4.64. The second-order valence-electron chi connectivity index (χ2n) is 10.2. The Morgan fingerprint density at radius 1 is 1.07 bits per heavy atom. The van der Waals surface area contributed by atoms with Gasteiger partial charge in [0.25, 0.3) is 0 Å². The molecule has 1 fully saturated rings. The molecule has 42 heavy (non-hydrogen) atoms. The predicted octanol–water partition coefficient (Wildman–Crippen LogP) is 3.82. The standard InChI is InChI=1S/C28H30F3N5O5S/c1-17(2)20-6-4-19(5-7-20)14-32-25(37)24-16-35(27-33-15-23(26(38)39)18(3)34-27)12-13-36(24)42(40,41)22-10-8-21(9-11-22)28(29,30)31/h4-11,15,17,24H,12-14,16H2,1-3H3,(H,32,37)(H,38,39)/t24-/m1/s1. The lowest BCUT2D eigenvalue weighted by Gasteiger charge is -2.39. The Balaban J connectivity index is 1.62. The number of anilines is 1. The normalized spacial score (nSPS) is 16.5. The molecule has 1 aliphatic heterocycles. The number of aromatic carboxylic acids is 1. The maximum atomic E-state index is 13.6. The van der Waals surface area contributed by atoms with E-state index in [9.17, 15) is 36.3 Å². The molecule has 1 atom stereocenters. The third kappa shape index (κ3) is 6.71. The van der Waals surface area contributed by atoms with Crippen molar-refractivity contribution < 1.29 is 36.3 Å². The molecular weight excluding hydrogens is 575 g/mol. The van der Waals surface area contributed by atoms with Crippen molar-refractivity contribution in [3.8, 4) is 0 Å². The maximum absolute atomic E-state index is 13.6. The zero-order chi connectivity index (χ0) is 30.8. The zero-order valence-electron chi connectivity index (χ0n) is 23.1. The number of hydrogen-bond donors (Lipinski definition) is 2. The molecule has 0 aliphatic carbocycles. The Morgan fingerprint density at radius 2 is 1.71 bits per heavy atom. The summed E-state index contributed by atoms with van der Waals surface area (Å²) in [5.74, 6) is -1.39. The number of carboxylic acids is 1. The number of carbonyl (C=O) groups excluding carboxylic acids is 1. The third-order valence-electron chi connectivity index (χ3n) is 7.02. The van der Waals surface area contributed by atoms with Crippen LogP contribution in [0.3, 0.4) is 0 Å². The van der Waals surface area contributed by atoms with E-state index in [1.165, 1.54) is 6.92 Å². The minimum absolute atomic E-state index is 0.0478. The molecule has 2 heterocycles. The highest BCUT2D eigenvalue weighted by atomic mass is 32.2. The van der Waals surface area contributed by atoms with Gasteiger partial charge in [-0.25, -0.2) is 23.2 Å². The first-order chi connectivity index (χ1) is 19.7. The summed E-state index contributed by atoms with van der Waals surface area (Å²) in [6.45, 7) is 5.39. The van der Waals surface area contributed by atoms with Crippen LogP contribution in [0, 0.1) is 6.92 Å². The topological polar surface area (TPSA) is 133 Å². The van der Waals surface area contributed by atoms with E-state index in [0.29, 0.717) is 18.1 Å². The van der Waals surface area contributed by atoms with Gasteiger partial charge in [0, 0.05) is 32.4 Å². The van der Waals surface area contributed by atoms with E-state index >= 15 is 0 Å². The second-order valence-corrected chi connectivity index (χ2v) is 12.1. The van der Waals surface area contributed by atoms with Gasteiger partial charge < -0.3 is 15.3 Å². The molecule has 224 valence electrons. The van der Waals surface area contributed by atoms with E-state index < -0.39 is 39.7 Å². The quantitative estimate of drug-likeness (QED) is 0.396. The van der Waals surface area contributed by atoms with Gasteiger partial charge in [0.05, 0.1) is 21.7 Å². The molecule has 3 aromatic rings. The number of rotatable bonds is 8. The van der Waals surface area contributed by atoms with Crippen LogP contribution in [0.15, 0.2) is 59.6 Å². The first-order valence-corrected chi connectivity index (χ1v) is 14.5. The number of alkyl halides is 3. The average Bonchev–Trinajstić information content (AvgIpc) is 2.95. The van der Waals surface area contributed by atoms with Gasteiger partial charge in [0.2, 0.25) is 21.9 Å². The fourth-order valence-electron chi connectivity index (χ4n) is 4.55. The van der Waals surface area contributed by atoms with Crippen LogP contribution in [0.5, 0.6) is 0 Å². The Hall–Kier alpha value is -4.04. The second kappa shape index (κ2) is 12.1. The molecule has 1 aromatic heterocycles. The summed E-state index contributed by atoms with van der Waals surface area (Å²) >= 11 is 0. The number of hydrogen-bond acceptors (Lipinski definition) is 7. The number of nitrogens with one attached hydrogen (secondary N) is 1. The minimum Gasteiger partial charge on any atom is -0.478 e. The Morgan fingerprint density at radius 3 is 2.26 bits per heavy atom. The van der Waals surface area contributed by atoms with Crippen molar-refractivity contribution in [2.24, 2.45) is 0 Å². The predicted molar refractivity (Wildman–Crippen MR) is 147 cm³/mol. The molecule has 2 N–H and O–H groups in total. The monoisotopic (exact) mass is 605 g/mol. The number of nitrogens with zero attached hydrogens (tertiary/aromatic N) is 4. The zero-order valence-corrected chi connectivity index (χ0v) is 23.9. The van der Waals surface area contributed by atoms with Gasteiger partial charge in [-0.2, -0.15) is 17.5 Å². The smallest absolute Gasteiger partial charge is 0.416 e. The summed E-state index contributed by atoms with van der Waals surface area (Å²) in [5, 5.41) is 12.1. The van der Waals surface area contributed by atoms with Crippen molar-refractivity contribution in [1.29, 1.82) is 0 Å². The van der Waals surface area contributed by atoms with Gasteiger partial charge in [0.15, 0.2) is 0 Å².